The lowest BCUT2D eigenvalue weighted by Gasteiger charge is -2.22. The topological polar surface area (TPSA) is 25.0 Å². The normalized spacial score (nSPS) is 50.8. The van der Waals surface area contributed by atoms with E-state index in [1.165, 1.54) is 19.4 Å². The molecule has 0 amide bonds. The van der Waals surface area contributed by atoms with E-state index in [1.807, 2.05) is 0 Å². The number of methoxy groups -OCH3 is 1. The van der Waals surface area contributed by atoms with E-state index in [0.717, 1.165) is 13.2 Å². The Balaban J connectivity index is 1.81. The average Bonchev–Trinajstić information content (AvgIpc) is 2.44. The molecule has 0 bridgehead atoms. The van der Waals surface area contributed by atoms with E-state index in [2.05, 4.69) is 4.90 Å². The molecule has 0 saturated carbocycles. The van der Waals surface area contributed by atoms with Crippen LogP contribution in [0.15, 0.2) is 0 Å². The third-order valence-electron chi connectivity index (χ3n) is 3.55. The van der Waals surface area contributed by atoms with E-state index in [0.29, 0.717) is 12.1 Å². The van der Waals surface area contributed by atoms with E-state index >= 15 is 0 Å². The molecule has 0 aromatic heterocycles. The highest BCUT2D eigenvalue weighted by Crippen LogP contribution is 2.51. The Labute approximate surface area is 72.6 Å². The fourth-order valence-electron chi connectivity index (χ4n) is 2.98. The SMILES string of the molecule is COC[C@@]12O[C@@H]1CN1CCC[C@H]12. The largest absolute Gasteiger partial charge is 0.382 e. The number of hydrogen-bond acceptors (Lipinski definition) is 3. The van der Waals surface area contributed by atoms with Gasteiger partial charge in [-0.3, -0.25) is 4.90 Å². The molecule has 12 heavy (non-hydrogen) atoms. The first kappa shape index (κ1) is 7.30. The lowest BCUT2D eigenvalue weighted by atomic mass is 9.99. The summed E-state index contributed by atoms with van der Waals surface area (Å²) in [6.45, 7) is 3.21. The van der Waals surface area contributed by atoms with Crippen LogP contribution >= 0.6 is 0 Å². The van der Waals surface area contributed by atoms with E-state index in [4.69, 9.17) is 9.47 Å². The van der Waals surface area contributed by atoms with Crippen molar-refractivity contribution >= 4 is 0 Å². The first-order valence-corrected chi connectivity index (χ1v) is 4.77. The summed E-state index contributed by atoms with van der Waals surface area (Å²) in [5, 5.41) is 0. The molecule has 3 heterocycles. The molecule has 3 heteroatoms. The molecule has 0 aromatic carbocycles. The molecule has 3 aliphatic heterocycles. The first-order valence-electron chi connectivity index (χ1n) is 4.77. The van der Waals surface area contributed by atoms with Gasteiger partial charge in [0.05, 0.1) is 6.61 Å². The highest BCUT2D eigenvalue weighted by Gasteiger charge is 2.68. The monoisotopic (exact) mass is 169 g/mol. The Hall–Kier alpha value is -0.120. The predicted octanol–water partition coefficient (Wildman–Crippen LogP) is 0.248. The standard InChI is InChI=1S/C9H15NO2/c1-11-6-9-7-3-2-4-10(7)5-8(9)12-9/h7-8H,2-6H2,1H3/t7-,8+,9-/m0/s1. The minimum atomic E-state index is 0.116. The summed E-state index contributed by atoms with van der Waals surface area (Å²) in [5.74, 6) is 0. The summed E-state index contributed by atoms with van der Waals surface area (Å²) in [6.07, 6.45) is 3.13. The minimum Gasteiger partial charge on any atom is -0.382 e. The van der Waals surface area contributed by atoms with Crippen molar-refractivity contribution in [3.63, 3.8) is 0 Å². The summed E-state index contributed by atoms with van der Waals surface area (Å²) in [4.78, 5) is 2.56. The maximum absolute atomic E-state index is 5.73. The molecular weight excluding hydrogens is 154 g/mol. The molecule has 0 aromatic rings. The molecule has 0 unspecified atom stereocenters. The van der Waals surface area contributed by atoms with Crippen LogP contribution in [0.3, 0.4) is 0 Å². The Morgan fingerprint density at radius 3 is 3.42 bits per heavy atom. The summed E-state index contributed by atoms with van der Waals surface area (Å²) in [7, 11) is 1.77. The van der Waals surface area contributed by atoms with Crippen molar-refractivity contribution in [3.8, 4) is 0 Å². The molecule has 3 fully saturated rings. The van der Waals surface area contributed by atoms with Gasteiger partial charge in [-0.1, -0.05) is 0 Å². The summed E-state index contributed by atoms with van der Waals surface area (Å²) < 4.78 is 11.0. The second-order valence-corrected chi connectivity index (χ2v) is 4.15. The summed E-state index contributed by atoms with van der Waals surface area (Å²) in [6, 6.07) is 0.669. The molecule has 3 nitrogen and oxygen atoms in total. The maximum atomic E-state index is 5.73. The van der Waals surface area contributed by atoms with Gasteiger partial charge >= 0.3 is 0 Å². The third kappa shape index (κ3) is 0.721. The predicted molar refractivity (Wildman–Crippen MR) is 44.1 cm³/mol. The number of nitrogens with zero attached hydrogens (tertiary/aromatic N) is 1. The van der Waals surface area contributed by atoms with Crippen LogP contribution in [0.1, 0.15) is 12.8 Å². The van der Waals surface area contributed by atoms with E-state index in [9.17, 15) is 0 Å². The van der Waals surface area contributed by atoms with Crippen LogP contribution in [0.4, 0.5) is 0 Å². The highest BCUT2D eigenvalue weighted by molar-refractivity contribution is 5.19. The zero-order valence-electron chi connectivity index (χ0n) is 7.45. The molecule has 0 aliphatic carbocycles. The van der Waals surface area contributed by atoms with Gasteiger partial charge in [-0.15, -0.1) is 0 Å². The van der Waals surface area contributed by atoms with Crippen molar-refractivity contribution in [2.24, 2.45) is 0 Å². The van der Waals surface area contributed by atoms with Gasteiger partial charge < -0.3 is 9.47 Å². The molecule has 0 radical (unpaired) electrons. The van der Waals surface area contributed by atoms with Gasteiger partial charge in [0.2, 0.25) is 0 Å². The van der Waals surface area contributed by atoms with Gasteiger partial charge in [0.25, 0.3) is 0 Å². The van der Waals surface area contributed by atoms with Crippen molar-refractivity contribution in [1.82, 2.24) is 4.90 Å². The molecule has 3 aliphatic rings. The van der Waals surface area contributed by atoms with E-state index in [1.54, 1.807) is 7.11 Å². The van der Waals surface area contributed by atoms with Crippen LogP contribution in [0, 0.1) is 0 Å². The average molecular weight is 169 g/mol. The molecule has 68 valence electrons. The Morgan fingerprint density at radius 2 is 2.58 bits per heavy atom. The van der Waals surface area contributed by atoms with Gasteiger partial charge in [0, 0.05) is 19.7 Å². The van der Waals surface area contributed by atoms with Crippen LogP contribution < -0.4 is 0 Å². The Morgan fingerprint density at radius 1 is 1.67 bits per heavy atom. The van der Waals surface area contributed by atoms with Crippen molar-refractivity contribution in [1.29, 1.82) is 0 Å². The smallest absolute Gasteiger partial charge is 0.135 e. The maximum Gasteiger partial charge on any atom is 0.135 e. The molecule has 0 N–H and O–H groups in total. The number of fused-ring (bicyclic) bond motifs is 3. The van der Waals surface area contributed by atoms with Crippen LogP contribution in [0.25, 0.3) is 0 Å². The van der Waals surface area contributed by atoms with Gasteiger partial charge in [0.15, 0.2) is 0 Å². The van der Waals surface area contributed by atoms with Crippen molar-refractivity contribution in [2.75, 3.05) is 26.8 Å². The molecule has 3 rings (SSSR count). The van der Waals surface area contributed by atoms with Crippen molar-refractivity contribution < 1.29 is 9.47 Å². The van der Waals surface area contributed by atoms with E-state index in [-0.39, 0.29) is 5.60 Å². The zero-order chi connectivity index (χ0) is 8.18. The van der Waals surface area contributed by atoms with Crippen LogP contribution in [0.5, 0.6) is 0 Å². The number of morpholine rings is 1. The van der Waals surface area contributed by atoms with Crippen molar-refractivity contribution in [3.05, 3.63) is 0 Å². The molecule has 0 spiro atoms. The van der Waals surface area contributed by atoms with Gasteiger partial charge in [-0.25, -0.2) is 0 Å². The van der Waals surface area contributed by atoms with Gasteiger partial charge in [-0.05, 0) is 19.4 Å². The minimum absolute atomic E-state index is 0.116. The number of rotatable bonds is 2. The third-order valence-corrected chi connectivity index (χ3v) is 3.55. The Bertz CT molecular complexity index is 209. The zero-order valence-corrected chi connectivity index (χ0v) is 7.45. The fourth-order valence-corrected chi connectivity index (χ4v) is 2.98. The quantitative estimate of drug-likeness (QED) is 0.554. The van der Waals surface area contributed by atoms with Gasteiger partial charge in [-0.2, -0.15) is 0 Å². The second-order valence-electron chi connectivity index (χ2n) is 4.15. The van der Waals surface area contributed by atoms with Crippen LogP contribution in [0.2, 0.25) is 0 Å². The van der Waals surface area contributed by atoms with Crippen molar-refractivity contribution in [2.45, 2.75) is 30.6 Å². The lowest BCUT2D eigenvalue weighted by molar-refractivity contribution is 0.0617. The summed E-state index contributed by atoms with van der Waals surface area (Å²) >= 11 is 0. The lowest BCUT2D eigenvalue weighted by Crippen LogP contribution is -2.38. The number of ether oxygens (including phenoxy) is 2. The fraction of sp³-hybridized carbons (Fsp3) is 1.00. The molecular formula is C9H15NO2. The first-order chi connectivity index (χ1) is 5.87. The highest BCUT2D eigenvalue weighted by atomic mass is 16.6. The molecule has 3 saturated heterocycles. The van der Waals surface area contributed by atoms with Crippen LogP contribution in [-0.2, 0) is 9.47 Å². The van der Waals surface area contributed by atoms with E-state index < -0.39 is 0 Å². The van der Waals surface area contributed by atoms with Gasteiger partial charge in [0.1, 0.15) is 11.7 Å². The van der Waals surface area contributed by atoms with Crippen LogP contribution in [-0.4, -0.2) is 49.5 Å². The molecule has 3 atom stereocenters. The number of epoxide rings is 1. The second kappa shape index (κ2) is 2.22. The number of hydrogen-bond donors (Lipinski definition) is 0. The summed E-state index contributed by atoms with van der Waals surface area (Å²) in [5.41, 5.74) is 0.116. The Kier molecular flexibility index (Phi) is 1.35.